The van der Waals surface area contributed by atoms with Crippen LogP contribution in [-0.4, -0.2) is 36.1 Å². The number of rotatable bonds is 6. The summed E-state index contributed by atoms with van der Waals surface area (Å²) in [6.45, 7) is 0.530. The summed E-state index contributed by atoms with van der Waals surface area (Å²) < 4.78 is 37.3. The van der Waals surface area contributed by atoms with Crippen molar-refractivity contribution in [3.63, 3.8) is 0 Å². The fraction of sp³-hybridized carbons (Fsp3) is 0.500. The van der Waals surface area contributed by atoms with Crippen LogP contribution in [0.2, 0.25) is 0 Å². The zero-order chi connectivity index (χ0) is 15.2. The Morgan fingerprint density at radius 3 is 2.40 bits per heavy atom. The van der Waals surface area contributed by atoms with Crippen molar-refractivity contribution in [3.8, 4) is 0 Å². The highest BCUT2D eigenvalue weighted by Crippen LogP contribution is 2.17. The summed E-state index contributed by atoms with van der Waals surface area (Å²) in [5, 5.41) is 0. The summed E-state index contributed by atoms with van der Waals surface area (Å²) in [4.78, 5) is 12.8. The van der Waals surface area contributed by atoms with Gasteiger partial charge in [-0.1, -0.05) is 37.3 Å². The molecule has 1 atom stereocenters. The molecule has 1 amide bonds. The van der Waals surface area contributed by atoms with E-state index in [0.717, 1.165) is 10.5 Å². The van der Waals surface area contributed by atoms with Crippen LogP contribution in [-0.2, 0) is 11.2 Å². The SMILES string of the molecule is CCCN(CC(F)(F)F)C(=O)C(N)Cc1ccccc1. The summed E-state index contributed by atoms with van der Waals surface area (Å²) in [6.07, 6.45) is -3.71. The van der Waals surface area contributed by atoms with Gasteiger partial charge >= 0.3 is 6.18 Å². The maximum absolute atomic E-state index is 12.4. The molecular formula is C14H19F3N2O. The molecule has 0 fully saturated rings. The topological polar surface area (TPSA) is 46.3 Å². The molecule has 0 bridgehead atoms. The number of carbonyl (C=O) groups is 1. The van der Waals surface area contributed by atoms with Crippen molar-refractivity contribution in [3.05, 3.63) is 35.9 Å². The number of nitrogens with two attached hydrogens (primary N) is 1. The molecule has 0 aliphatic carbocycles. The summed E-state index contributed by atoms with van der Waals surface area (Å²) >= 11 is 0. The van der Waals surface area contributed by atoms with Gasteiger partial charge in [-0.3, -0.25) is 4.79 Å². The molecule has 1 aromatic rings. The number of hydrogen-bond acceptors (Lipinski definition) is 2. The second-order valence-electron chi connectivity index (χ2n) is 4.67. The van der Waals surface area contributed by atoms with Crippen LogP contribution in [0.3, 0.4) is 0 Å². The van der Waals surface area contributed by atoms with Crippen molar-refractivity contribution in [2.24, 2.45) is 5.73 Å². The first-order chi connectivity index (χ1) is 9.33. The zero-order valence-corrected chi connectivity index (χ0v) is 11.4. The second-order valence-corrected chi connectivity index (χ2v) is 4.67. The minimum absolute atomic E-state index is 0.0564. The lowest BCUT2D eigenvalue weighted by Gasteiger charge is -2.26. The Kier molecular flexibility index (Phi) is 6.01. The molecule has 112 valence electrons. The molecule has 1 aromatic carbocycles. The van der Waals surface area contributed by atoms with Gasteiger partial charge in [0.2, 0.25) is 5.91 Å². The van der Waals surface area contributed by atoms with Crippen LogP contribution in [0.5, 0.6) is 0 Å². The fourth-order valence-electron chi connectivity index (χ4n) is 1.94. The van der Waals surface area contributed by atoms with E-state index in [4.69, 9.17) is 5.73 Å². The number of halogens is 3. The van der Waals surface area contributed by atoms with Crippen molar-refractivity contribution in [1.29, 1.82) is 0 Å². The van der Waals surface area contributed by atoms with E-state index in [1.165, 1.54) is 0 Å². The summed E-state index contributed by atoms with van der Waals surface area (Å²) in [7, 11) is 0. The quantitative estimate of drug-likeness (QED) is 0.873. The highest BCUT2D eigenvalue weighted by atomic mass is 19.4. The number of benzene rings is 1. The molecule has 2 N–H and O–H groups in total. The van der Waals surface area contributed by atoms with Gasteiger partial charge in [-0.2, -0.15) is 13.2 Å². The monoisotopic (exact) mass is 288 g/mol. The molecule has 0 saturated heterocycles. The molecule has 0 heterocycles. The predicted octanol–water partition coefficient (Wildman–Crippen LogP) is 2.36. The van der Waals surface area contributed by atoms with Crippen molar-refractivity contribution < 1.29 is 18.0 Å². The van der Waals surface area contributed by atoms with Crippen LogP contribution >= 0.6 is 0 Å². The number of alkyl halides is 3. The lowest BCUT2D eigenvalue weighted by atomic mass is 10.1. The smallest absolute Gasteiger partial charge is 0.332 e. The van der Waals surface area contributed by atoms with Gasteiger partial charge in [0.25, 0.3) is 0 Å². The van der Waals surface area contributed by atoms with Gasteiger partial charge in [0.15, 0.2) is 0 Å². The first kappa shape index (κ1) is 16.5. The Labute approximate surface area is 116 Å². The standard InChI is InChI=1S/C14H19F3N2O/c1-2-8-19(10-14(15,16)17)13(20)12(18)9-11-6-4-3-5-7-11/h3-7,12H,2,8-10,18H2,1H3. The van der Waals surface area contributed by atoms with Crippen LogP contribution < -0.4 is 5.73 Å². The first-order valence-electron chi connectivity index (χ1n) is 6.48. The Hall–Kier alpha value is -1.56. The molecule has 0 aliphatic rings. The normalized spacial score (nSPS) is 13.1. The lowest BCUT2D eigenvalue weighted by Crippen LogP contribution is -2.48. The Balaban J connectivity index is 2.68. The van der Waals surface area contributed by atoms with Crippen LogP contribution in [0.25, 0.3) is 0 Å². The van der Waals surface area contributed by atoms with E-state index >= 15 is 0 Å². The molecule has 0 saturated carbocycles. The third kappa shape index (κ3) is 5.61. The number of carbonyl (C=O) groups excluding carboxylic acids is 1. The number of nitrogens with zero attached hydrogens (tertiary/aromatic N) is 1. The van der Waals surface area contributed by atoms with Crippen molar-refractivity contribution >= 4 is 5.91 Å². The Morgan fingerprint density at radius 1 is 1.30 bits per heavy atom. The molecule has 0 aliphatic heterocycles. The summed E-state index contributed by atoms with van der Waals surface area (Å²) in [5.74, 6) is -0.659. The Morgan fingerprint density at radius 2 is 1.90 bits per heavy atom. The van der Waals surface area contributed by atoms with Crippen LogP contribution in [0.1, 0.15) is 18.9 Å². The van der Waals surface area contributed by atoms with Crippen LogP contribution in [0.15, 0.2) is 30.3 Å². The molecule has 1 unspecified atom stereocenters. The average molecular weight is 288 g/mol. The maximum Gasteiger partial charge on any atom is 0.406 e. The van der Waals surface area contributed by atoms with E-state index in [9.17, 15) is 18.0 Å². The van der Waals surface area contributed by atoms with E-state index in [-0.39, 0.29) is 13.0 Å². The van der Waals surface area contributed by atoms with Crippen molar-refractivity contribution in [2.75, 3.05) is 13.1 Å². The molecule has 20 heavy (non-hydrogen) atoms. The molecule has 6 heteroatoms. The van der Waals surface area contributed by atoms with Gasteiger partial charge in [-0.05, 0) is 18.4 Å². The van der Waals surface area contributed by atoms with E-state index in [1.807, 2.05) is 6.07 Å². The van der Waals surface area contributed by atoms with Gasteiger partial charge in [0.1, 0.15) is 6.54 Å². The third-order valence-electron chi connectivity index (χ3n) is 2.79. The molecule has 0 spiro atoms. The maximum atomic E-state index is 12.4. The molecule has 0 radical (unpaired) electrons. The highest BCUT2D eigenvalue weighted by Gasteiger charge is 2.34. The van der Waals surface area contributed by atoms with Gasteiger partial charge in [0, 0.05) is 6.54 Å². The number of hydrogen-bond donors (Lipinski definition) is 1. The predicted molar refractivity (Wildman–Crippen MR) is 71.0 cm³/mol. The van der Waals surface area contributed by atoms with E-state index in [1.54, 1.807) is 31.2 Å². The van der Waals surface area contributed by atoms with Crippen LogP contribution in [0.4, 0.5) is 13.2 Å². The summed E-state index contributed by atoms with van der Waals surface area (Å²) in [5.41, 5.74) is 6.57. The molecule has 1 rings (SSSR count). The third-order valence-corrected chi connectivity index (χ3v) is 2.79. The average Bonchev–Trinajstić information content (AvgIpc) is 2.37. The fourth-order valence-corrected chi connectivity index (χ4v) is 1.94. The largest absolute Gasteiger partial charge is 0.406 e. The van der Waals surface area contributed by atoms with Crippen LogP contribution in [0, 0.1) is 0 Å². The first-order valence-corrected chi connectivity index (χ1v) is 6.48. The van der Waals surface area contributed by atoms with Crippen molar-refractivity contribution in [1.82, 2.24) is 4.90 Å². The minimum atomic E-state index is -4.41. The zero-order valence-electron chi connectivity index (χ0n) is 11.4. The molecule has 3 nitrogen and oxygen atoms in total. The van der Waals surface area contributed by atoms with Gasteiger partial charge in [0.05, 0.1) is 6.04 Å². The van der Waals surface area contributed by atoms with E-state index < -0.39 is 24.7 Å². The molecule has 0 aromatic heterocycles. The van der Waals surface area contributed by atoms with Crippen molar-refractivity contribution in [2.45, 2.75) is 32.0 Å². The lowest BCUT2D eigenvalue weighted by molar-refractivity contribution is -0.162. The number of amides is 1. The van der Waals surface area contributed by atoms with Gasteiger partial charge in [-0.25, -0.2) is 0 Å². The Bertz CT molecular complexity index is 420. The molecular weight excluding hydrogens is 269 g/mol. The minimum Gasteiger partial charge on any atom is -0.332 e. The summed E-state index contributed by atoms with van der Waals surface area (Å²) in [6, 6.07) is 8.05. The second kappa shape index (κ2) is 7.28. The van der Waals surface area contributed by atoms with E-state index in [2.05, 4.69) is 0 Å². The van der Waals surface area contributed by atoms with Gasteiger partial charge < -0.3 is 10.6 Å². The highest BCUT2D eigenvalue weighted by molar-refractivity contribution is 5.82. The van der Waals surface area contributed by atoms with E-state index in [0.29, 0.717) is 6.42 Å². The van der Waals surface area contributed by atoms with Gasteiger partial charge in [-0.15, -0.1) is 0 Å².